The van der Waals surface area contributed by atoms with Crippen molar-refractivity contribution >= 4 is 18.0 Å². The Balaban J connectivity index is 1.85. The van der Waals surface area contributed by atoms with Crippen molar-refractivity contribution in [3.8, 4) is 0 Å². The van der Waals surface area contributed by atoms with Crippen LogP contribution in [0, 0.1) is 0 Å². The number of rotatable bonds is 1. The summed E-state index contributed by atoms with van der Waals surface area (Å²) < 4.78 is 11.1. The third-order valence-electron chi connectivity index (χ3n) is 2.77. The van der Waals surface area contributed by atoms with Gasteiger partial charge in [0, 0.05) is 17.5 Å². The van der Waals surface area contributed by atoms with Gasteiger partial charge in [0.1, 0.15) is 6.29 Å². The van der Waals surface area contributed by atoms with E-state index >= 15 is 0 Å². The van der Waals surface area contributed by atoms with Crippen molar-refractivity contribution in [3.63, 3.8) is 0 Å². The first-order valence-corrected chi connectivity index (χ1v) is 5.73. The van der Waals surface area contributed by atoms with Crippen LogP contribution in [0.2, 0.25) is 0 Å². The van der Waals surface area contributed by atoms with Crippen LogP contribution in [0.1, 0.15) is 6.42 Å². The van der Waals surface area contributed by atoms with E-state index in [0.29, 0.717) is 18.6 Å². The summed E-state index contributed by atoms with van der Waals surface area (Å²) >= 11 is 1.77. The van der Waals surface area contributed by atoms with E-state index in [1.165, 1.54) is 0 Å². The molecule has 1 atom stereocenters. The molecule has 14 heavy (non-hydrogen) atoms. The number of carbonyl (C=O) groups excluding carboxylic acids is 1. The van der Waals surface area contributed by atoms with Gasteiger partial charge in [-0.2, -0.15) is 0 Å². The van der Waals surface area contributed by atoms with E-state index in [1.807, 2.05) is 11.1 Å². The number of fused-ring (bicyclic) bond motifs is 2. The van der Waals surface area contributed by atoms with Gasteiger partial charge in [0.2, 0.25) is 0 Å². The number of ether oxygens (including phenoxy) is 2. The first-order chi connectivity index (χ1) is 6.84. The van der Waals surface area contributed by atoms with Crippen LogP contribution in [-0.2, 0) is 14.3 Å². The molecule has 5 heteroatoms. The minimum Gasteiger partial charge on any atom is -0.330 e. The van der Waals surface area contributed by atoms with Gasteiger partial charge in [-0.15, -0.1) is 11.8 Å². The molecule has 3 rings (SSSR count). The van der Waals surface area contributed by atoms with Gasteiger partial charge in [-0.05, 0) is 0 Å². The maximum Gasteiger partial charge on any atom is 0.255 e. The normalized spacial score (nSPS) is 33.6. The van der Waals surface area contributed by atoms with E-state index in [2.05, 4.69) is 0 Å². The zero-order chi connectivity index (χ0) is 9.60. The minimum atomic E-state index is -0.535. The molecule has 2 fully saturated rings. The zero-order valence-electron chi connectivity index (χ0n) is 7.64. The van der Waals surface area contributed by atoms with Crippen molar-refractivity contribution in [1.29, 1.82) is 0 Å². The number of aldehydes is 1. The second-order valence-electron chi connectivity index (χ2n) is 3.61. The van der Waals surface area contributed by atoms with Crippen LogP contribution in [-0.4, -0.2) is 41.4 Å². The molecule has 0 aromatic heterocycles. The Kier molecular flexibility index (Phi) is 1.87. The van der Waals surface area contributed by atoms with Crippen LogP contribution in [0.4, 0.5) is 0 Å². The molecular weight excluding hydrogens is 202 g/mol. The second-order valence-corrected chi connectivity index (χ2v) is 4.77. The minimum absolute atomic E-state index is 0.428. The number of hydrogen-bond acceptors (Lipinski definition) is 5. The summed E-state index contributed by atoms with van der Waals surface area (Å²) in [5.41, 5.74) is 0.810. The van der Waals surface area contributed by atoms with Crippen LogP contribution in [0.25, 0.3) is 0 Å². The highest BCUT2D eigenvalue weighted by Crippen LogP contribution is 2.48. The number of nitrogens with zero attached hydrogens (tertiary/aromatic N) is 1. The van der Waals surface area contributed by atoms with Crippen LogP contribution in [0.3, 0.4) is 0 Å². The highest BCUT2D eigenvalue weighted by molar-refractivity contribution is 8.00. The molecule has 1 spiro atoms. The van der Waals surface area contributed by atoms with E-state index in [9.17, 15) is 4.79 Å². The summed E-state index contributed by atoms with van der Waals surface area (Å²) in [5.74, 6) is 0.271. The average molecular weight is 213 g/mol. The fourth-order valence-corrected chi connectivity index (χ4v) is 3.27. The number of hydrogen-bond donors (Lipinski definition) is 0. The Morgan fingerprint density at radius 1 is 1.57 bits per heavy atom. The molecule has 0 radical (unpaired) electrons. The van der Waals surface area contributed by atoms with E-state index in [-0.39, 0.29) is 0 Å². The molecule has 3 aliphatic heterocycles. The summed E-state index contributed by atoms with van der Waals surface area (Å²) in [6.07, 6.45) is 3.69. The van der Waals surface area contributed by atoms with Crippen LogP contribution < -0.4 is 0 Å². The summed E-state index contributed by atoms with van der Waals surface area (Å²) in [4.78, 5) is 12.7. The largest absolute Gasteiger partial charge is 0.330 e. The van der Waals surface area contributed by atoms with E-state index in [0.717, 1.165) is 24.0 Å². The zero-order valence-corrected chi connectivity index (χ0v) is 8.46. The van der Waals surface area contributed by atoms with Gasteiger partial charge in [-0.25, -0.2) is 0 Å². The Hall–Kier alpha value is -0.520. The molecule has 0 unspecified atom stereocenters. The summed E-state index contributed by atoms with van der Waals surface area (Å²) in [6, 6.07) is 0. The molecule has 0 N–H and O–H groups in total. The average Bonchev–Trinajstić information content (AvgIpc) is 2.68. The van der Waals surface area contributed by atoms with Gasteiger partial charge in [0.05, 0.1) is 25.0 Å². The van der Waals surface area contributed by atoms with Crippen molar-refractivity contribution in [2.75, 3.05) is 19.0 Å². The molecule has 0 bridgehead atoms. The standard InChI is InChI=1S/C9H11NO3S/c11-5-7-4-10-8(14-6-7)3-9(10)12-1-2-13-9/h4-5,8H,1-3,6H2/t8-/m0/s1. The van der Waals surface area contributed by atoms with Gasteiger partial charge in [0.25, 0.3) is 5.91 Å². The number of carbonyl (C=O) groups is 1. The number of thioether (sulfide) groups is 1. The third-order valence-corrected chi connectivity index (χ3v) is 4.05. The predicted molar refractivity (Wildman–Crippen MR) is 51.5 cm³/mol. The summed E-state index contributed by atoms with van der Waals surface area (Å²) in [6.45, 7) is 1.30. The molecule has 0 saturated carbocycles. The monoisotopic (exact) mass is 213 g/mol. The van der Waals surface area contributed by atoms with Gasteiger partial charge in [0.15, 0.2) is 0 Å². The predicted octanol–water partition coefficient (Wildman–Crippen LogP) is 0.548. The van der Waals surface area contributed by atoms with Crippen molar-refractivity contribution in [2.45, 2.75) is 17.7 Å². The first kappa shape index (κ1) is 8.76. The highest BCUT2D eigenvalue weighted by atomic mass is 32.2. The lowest BCUT2D eigenvalue weighted by Crippen LogP contribution is -2.64. The summed E-state index contributed by atoms with van der Waals surface area (Å²) in [7, 11) is 0. The second kappa shape index (κ2) is 2.98. The van der Waals surface area contributed by atoms with Crippen LogP contribution in [0.5, 0.6) is 0 Å². The topological polar surface area (TPSA) is 38.8 Å². The third kappa shape index (κ3) is 1.06. The Morgan fingerprint density at radius 2 is 2.36 bits per heavy atom. The van der Waals surface area contributed by atoms with Gasteiger partial charge in [-0.1, -0.05) is 0 Å². The van der Waals surface area contributed by atoms with Crippen molar-refractivity contribution in [1.82, 2.24) is 4.90 Å². The lowest BCUT2D eigenvalue weighted by Gasteiger charge is -2.54. The first-order valence-electron chi connectivity index (χ1n) is 4.68. The van der Waals surface area contributed by atoms with Gasteiger partial charge >= 0.3 is 0 Å². The fraction of sp³-hybridized carbons (Fsp3) is 0.667. The Morgan fingerprint density at radius 3 is 3.07 bits per heavy atom. The molecule has 4 nitrogen and oxygen atoms in total. The molecular formula is C9H11NO3S. The van der Waals surface area contributed by atoms with Gasteiger partial charge < -0.3 is 14.4 Å². The lowest BCUT2D eigenvalue weighted by atomic mass is 10.1. The molecule has 76 valence electrons. The van der Waals surface area contributed by atoms with Crippen LogP contribution >= 0.6 is 11.8 Å². The highest BCUT2D eigenvalue weighted by Gasteiger charge is 2.56. The van der Waals surface area contributed by atoms with Crippen molar-refractivity contribution < 1.29 is 14.3 Å². The van der Waals surface area contributed by atoms with Crippen LogP contribution in [0.15, 0.2) is 11.8 Å². The molecule has 0 aliphatic carbocycles. The Bertz CT molecular complexity index is 298. The smallest absolute Gasteiger partial charge is 0.255 e. The molecule has 0 aromatic carbocycles. The van der Waals surface area contributed by atoms with E-state index in [4.69, 9.17) is 9.47 Å². The van der Waals surface area contributed by atoms with E-state index < -0.39 is 5.91 Å². The van der Waals surface area contributed by atoms with Crippen molar-refractivity contribution in [3.05, 3.63) is 11.8 Å². The molecule has 2 saturated heterocycles. The molecule has 3 aliphatic rings. The fourth-order valence-electron chi connectivity index (χ4n) is 2.04. The van der Waals surface area contributed by atoms with Gasteiger partial charge in [-0.3, -0.25) is 4.79 Å². The summed E-state index contributed by atoms with van der Waals surface area (Å²) in [5, 5.41) is 0.428. The molecule has 3 heterocycles. The molecule has 0 aromatic rings. The maximum atomic E-state index is 10.6. The SMILES string of the molecule is O=CC1=CN2[C@H](CC23OCCO3)SC1. The Labute approximate surface area is 86.2 Å². The lowest BCUT2D eigenvalue weighted by molar-refractivity contribution is -0.303. The molecule has 0 amide bonds. The quantitative estimate of drug-likeness (QED) is 0.595. The maximum absolute atomic E-state index is 10.6. The van der Waals surface area contributed by atoms with Crippen molar-refractivity contribution in [2.24, 2.45) is 0 Å². The van der Waals surface area contributed by atoms with E-state index in [1.54, 1.807) is 11.8 Å².